The summed E-state index contributed by atoms with van der Waals surface area (Å²) in [4.78, 5) is 0. The molecule has 1 heteroatoms. The number of benzene rings is 1. The summed E-state index contributed by atoms with van der Waals surface area (Å²) >= 11 is 0. The normalized spacial score (nSPS) is 11.8. The second-order valence-corrected chi connectivity index (χ2v) is 4.12. The Hall–Kier alpha value is -0.820. The van der Waals surface area contributed by atoms with Gasteiger partial charge in [0.15, 0.2) is 0 Å². The second-order valence-electron chi connectivity index (χ2n) is 4.12. The largest absolute Gasteiger partial charge is 0.385 e. The van der Waals surface area contributed by atoms with Crippen LogP contribution in [-0.2, 0) is 5.60 Å². The monoisotopic (exact) mass is 192 g/mol. The van der Waals surface area contributed by atoms with E-state index in [0.29, 0.717) is 0 Å². The first kappa shape index (κ1) is 11.3. The van der Waals surface area contributed by atoms with Gasteiger partial charge in [0, 0.05) is 0 Å². The van der Waals surface area contributed by atoms with Gasteiger partial charge in [-0.05, 0) is 32.3 Å². The predicted octanol–water partition coefficient (Wildman–Crippen LogP) is 3.31. The van der Waals surface area contributed by atoms with E-state index in [1.54, 1.807) is 0 Å². The topological polar surface area (TPSA) is 20.2 Å². The van der Waals surface area contributed by atoms with E-state index in [2.05, 4.69) is 32.0 Å². The Labute approximate surface area is 86.8 Å². The zero-order valence-corrected chi connectivity index (χ0v) is 9.59. The SMILES string of the molecule is CCC(O)(CC)c1cc(C)cc(C)c1. The molecule has 14 heavy (non-hydrogen) atoms. The first-order chi connectivity index (χ1) is 6.51. The van der Waals surface area contributed by atoms with Crippen LogP contribution in [0.25, 0.3) is 0 Å². The lowest BCUT2D eigenvalue weighted by atomic mass is 9.87. The van der Waals surface area contributed by atoms with Gasteiger partial charge in [0.1, 0.15) is 0 Å². The molecule has 1 aromatic rings. The Bertz CT molecular complexity index is 291. The lowest BCUT2D eigenvalue weighted by Crippen LogP contribution is -2.23. The molecule has 1 N–H and O–H groups in total. The molecule has 0 aliphatic carbocycles. The summed E-state index contributed by atoms with van der Waals surface area (Å²) < 4.78 is 0. The molecule has 0 fully saturated rings. The van der Waals surface area contributed by atoms with E-state index >= 15 is 0 Å². The zero-order valence-electron chi connectivity index (χ0n) is 9.59. The molecule has 0 aliphatic rings. The van der Waals surface area contributed by atoms with Crippen LogP contribution in [0.15, 0.2) is 18.2 Å². The fraction of sp³-hybridized carbons (Fsp3) is 0.538. The summed E-state index contributed by atoms with van der Waals surface area (Å²) in [6.45, 7) is 8.20. The van der Waals surface area contributed by atoms with Crippen LogP contribution in [-0.4, -0.2) is 5.11 Å². The van der Waals surface area contributed by atoms with Crippen LogP contribution in [0.1, 0.15) is 43.4 Å². The van der Waals surface area contributed by atoms with Gasteiger partial charge in [0.25, 0.3) is 0 Å². The molecule has 0 atom stereocenters. The van der Waals surface area contributed by atoms with Gasteiger partial charge in [-0.15, -0.1) is 0 Å². The van der Waals surface area contributed by atoms with Gasteiger partial charge in [-0.1, -0.05) is 43.2 Å². The average Bonchev–Trinajstić information content (AvgIpc) is 2.15. The van der Waals surface area contributed by atoms with Crippen molar-refractivity contribution in [1.29, 1.82) is 0 Å². The van der Waals surface area contributed by atoms with Gasteiger partial charge in [0.05, 0.1) is 5.60 Å². The second kappa shape index (κ2) is 4.14. The Morgan fingerprint density at radius 2 is 1.43 bits per heavy atom. The minimum Gasteiger partial charge on any atom is -0.385 e. The summed E-state index contributed by atoms with van der Waals surface area (Å²) in [5.41, 5.74) is 2.86. The predicted molar refractivity (Wildman–Crippen MR) is 60.4 cm³/mol. The van der Waals surface area contributed by atoms with Gasteiger partial charge in [-0.25, -0.2) is 0 Å². The van der Waals surface area contributed by atoms with Crippen LogP contribution in [0.2, 0.25) is 0 Å². The number of aryl methyl sites for hydroxylation is 2. The molecule has 1 rings (SSSR count). The van der Waals surface area contributed by atoms with E-state index in [1.165, 1.54) is 11.1 Å². The van der Waals surface area contributed by atoms with E-state index < -0.39 is 5.60 Å². The van der Waals surface area contributed by atoms with Crippen molar-refractivity contribution in [3.63, 3.8) is 0 Å². The molecule has 0 saturated heterocycles. The Morgan fingerprint density at radius 3 is 1.79 bits per heavy atom. The average molecular weight is 192 g/mol. The van der Waals surface area contributed by atoms with E-state index in [9.17, 15) is 5.11 Å². The van der Waals surface area contributed by atoms with Crippen molar-refractivity contribution in [1.82, 2.24) is 0 Å². The van der Waals surface area contributed by atoms with Crippen molar-refractivity contribution >= 4 is 0 Å². The lowest BCUT2D eigenvalue weighted by Gasteiger charge is -2.26. The number of hydrogen-bond acceptors (Lipinski definition) is 1. The molecule has 1 aromatic carbocycles. The van der Waals surface area contributed by atoms with Crippen LogP contribution in [0.4, 0.5) is 0 Å². The molecule has 0 aliphatic heterocycles. The maximum absolute atomic E-state index is 10.3. The fourth-order valence-electron chi connectivity index (χ4n) is 1.90. The highest BCUT2D eigenvalue weighted by atomic mass is 16.3. The van der Waals surface area contributed by atoms with Gasteiger partial charge in [-0.3, -0.25) is 0 Å². The first-order valence-corrected chi connectivity index (χ1v) is 5.33. The van der Waals surface area contributed by atoms with E-state index in [0.717, 1.165) is 18.4 Å². The molecule has 0 amide bonds. The molecule has 0 bridgehead atoms. The number of hydrogen-bond donors (Lipinski definition) is 1. The third kappa shape index (κ3) is 2.16. The van der Waals surface area contributed by atoms with Gasteiger partial charge < -0.3 is 5.11 Å². The highest BCUT2D eigenvalue weighted by Gasteiger charge is 2.24. The van der Waals surface area contributed by atoms with E-state index in [1.807, 2.05) is 13.8 Å². The van der Waals surface area contributed by atoms with Crippen LogP contribution in [0.3, 0.4) is 0 Å². The maximum atomic E-state index is 10.3. The van der Waals surface area contributed by atoms with Crippen LogP contribution in [0.5, 0.6) is 0 Å². The standard InChI is InChI=1S/C13H20O/c1-5-13(14,6-2)12-8-10(3)7-11(4)9-12/h7-9,14H,5-6H2,1-4H3. The van der Waals surface area contributed by atoms with Crippen molar-refractivity contribution in [3.05, 3.63) is 34.9 Å². The smallest absolute Gasteiger partial charge is 0.0891 e. The molecule has 0 spiro atoms. The van der Waals surface area contributed by atoms with Crippen molar-refractivity contribution in [2.45, 2.75) is 46.1 Å². The maximum Gasteiger partial charge on any atom is 0.0891 e. The highest BCUT2D eigenvalue weighted by Crippen LogP contribution is 2.29. The Balaban J connectivity index is 3.17. The third-order valence-electron chi connectivity index (χ3n) is 2.93. The highest BCUT2D eigenvalue weighted by molar-refractivity contribution is 5.32. The van der Waals surface area contributed by atoms with Crippen molar-refractivity contribution in [3.8, 4) is 0 Å². The quantitative estimate of drug-likeness (QED) is 0.779. The molecular formula is C13H20O. The van der Waals surface area contributed by atoms with Crippen molar-refractivity contribution < 1.29 is 5.11 Å². The van der Waals surface area contributed by atoms with Gasteiger partial charge in [-0.2, -0.15) is 0 Å². The molecule has 0 heterocycles. The van der Waals surface area contributed by atoms with Crippen LogP contribution in [0, 0.1) is 13.8 Å². The van der Waals surface area contributed by atoms with E-state index in [-0.39, 0.29) is 0 Å². The van der Waals surface area contributed by atoms with Gasteiger partial charge >= 0.3 is 0 Å². The molecule has 0 unspecified atom stereocenters. The molecule has 0 saturated carbocycles. The number of aliphatic hydroxyl groups is 1. The van der Waals surface area contributed by atoms with E-state index in [4.69, 9.17) is 0 Å². The molecule has 1 nitrogen and oxygen atoms in total. The summed E-state index contributed by atoms with van der Waals surface area (Å²) in [6.07, 6.45) is 1.54. The summed E-state index contributed by atoms with van der Waals surface area (Å²) in [7, 11) is 0. The number of rotatable bonds is 3. The molecular weight excluding hydrogens is 172 g/mol. The molecule has 0 aromatic heterocycles. The zero-order chi connectivity index (χ0) is 10.8. The summed E-state index contributed by atoms with van der Waals surface area (Å²) in [5.74, 6) is 0. The van der Waals surface area contributed by atoms with Crippen LogP contribution < -0.4 is 0 Å². The minimum atomic E-state index is -0.642. The minimum absolute atomic E-state index is 0.642. The Kier molecular flexibility index (Phi) is 3.33. The first-order valence-electron chi connectivity index (χ1n) is 5.33. The lowest BCUT2D eigenvalue weighted by molar-refractivity contribution is 0.0283. The molecule has 78 valence electrons. The third-order valence-corrected chi connectivity index (χ3v) is 2.93. The van der Waals surface area contributed by atoms with Crippen LogP contribution >= 0.6 is 0 Å². The summed E-state index contributed by atoms with van der Waals surface area (Å²) in [5, 5.41) is 10.3. The van der Waals surface area contributed by atoms with Crippen molar-refractivity contribution in [2.75, 3.05) is 0 Å². The van der Waals surface area contributed by atoms with Crippen molar-refractivity contribution in [2.24, 2.45) is 0 Å². The van der Waals surface area contributed by atoms with Gasteiger partial charge in [0.2, 0.25) is 0 Å². The molecule has 0 radical (unpaired) electrons. The summed E-state index contributed by atoms with van der Waals surface area (Å²) in [6, 6.07) is 6.30. The Morgan fingerprint density at radius 1 is 1.00 bits per heavy atom. The fourth-order valence-corrected chi connectivity index (χ4v) is 1.90.